The van der Waals surface area contributed by atoms with Crippen molar-refractivity contribution in [3.8, 4) is 0 Å². The summed E-state index contributed by atoms with van der Waals surface area (Å²) in [5.41, 5.74) is 1.24. The molecule has 0 unspecified atom stereocenters. The number of carbonyl (C=O) groups excluding carboxylic acids is 1. The molecule has 1 aromatic heterocycles. The Morgan fingerprint density at radius 2 is 1.91 bits per heavy atom. The van der Waals surface area contributed by atoms with Crippen molar-refractivity contribution in [3.63, 3.8) is 0 Å². The molecule has 0 radical (unpaired) electrons. The highest BCUT2D eigenvalue weighted by Crippen LogP contribution is 2.17. The lowest BCUT2D eigenvalue weighted by Gasteiger charge is -2.38. The van der Waals surface area contributed by atoms with Crippen LogP contribution in [0.3, 0.4) is 0 Å². The van der Waals surface area contributed by atoms with Crippen molar-refractivity contribution in [1.29, 1.82) is 0 Å². The summed E-state index contributed by atoms with van der Waals surface area (Å²) in [4.78, 5) is 16.9. The number of amides is 1. The van der Waals surface area contributed by atoms with E-state index in [1.54, 1.807) is 13.0 Å². The molecule has 0 spiro atoms. The second-order valence-electron chi connectivity index (χ2n) is 5.85. The van der Waals surface area contributed by atoms with Crippen LogP contribution < -0.4 is 10.2 Å². The molecule has 1 amide bonds. The Morgan fingerprint density at radius 1 is 1.22 bits per heavy atom. The molecule has 1 aromatic carbocycles. The van der Waals surface area contributed by atoms with Crippen LogP contribution in [0.2, 0.25) is 0 Å². The highest BCUT2D eigenvalue weighted by molar-refractivity contribution is 5.93. The van der Waals surface area contributed by atoms with Crippen molar-refractivity contribution in [2.75, 3.05) is 36.4 Å². The standard InChI is InChI=1S/C17H22N4O2/c1-13-12-16(19-23-13)18-17(22)14(2)20-8-10-21(11-9-20)15-6-4-3-5-7-15/h3-7,12,14H,8-11H2,1-2H3,(H,18,19,22)/t14-/m1/s1. The third kappa shape index (κ3) is 3.71. The molecule has 1 fully saturated rings. The Morgan fingerprint density at radius 3 is 2.52 bits per heavy atom. The molecule has 2 heterocycles. The number of benzene rings is 1. The second-order valence-corrected chi connectivity index (χ2v) is 5.85. The first-order valence-electron chi connectivity index (χ1n) is 7.92. The molecule has 1 aliphatic heterocycles. The number of hydrogen-bond donors (Lipinski definition) is 1. The van der Waals surface area contributed by atoms with E-state index in [-0.39, 0.29) is 11.9 Å². The minimum atomic E-state index is -0.190. The van der Waals surface area contributed by atoms with Gasteiger partial charge in [-0.15, -0.1) is 0 Å². The maximum Gasteiger partial charge on any atom is 0.242 e. The molecule has 0 aliphatic carbocycles. The topological polar surface area (TPSA) is 61.6 Å². The molecule has 1 N–H and O–H groups in total. The van der Waals surface area contributed by atoms with Gasteiger partial charge < -0.3 is 14.7 Å². The maximum absolute atomic E-state index is 12.3. The minimum Gasteiger partial charge on any atom is -0.369 e. The number of nitrogens with zero attached hydrogens (tertiary/aromatic N) is 3. The zero-order valence-electron chi connectivity index (χ0n) is 13.5. The van der Waals surface area contributed by atoms with E-state index >= 15 is 0 Å². The van der Waals surface area contributed by atoms with E-state index in [1.807, 2.05) is 13.0 Å². The van der Waals surface area contributed by atoms with Gasteiger partial charge in [0.2, 0.25) is 5.91 Å². The molecule has 122 valence electrons. The molecule has 0 saturated carbocycles. The molecular formula is C17H22N4O2. The first-order chi connectivity index (χ1) is 11.1. The fourth-order valence-electron chi connectivity index (χ4n) is 2.83. The van der Waals surface area contributed by atoms with E-state index in [0.29, 0.717) is 11.6 Å². The minimum absolute atomic E-state index is 0.0496. The summed E-state index contributed by atoms with van der Waals surface area (Å²) in [6, 6.07) is 11.9. The molecule has 6 heteroatoms. The van der Waals surface area contributed by atoms with Crippen LogP contribution in [0, 0.1) is 6.92 Å². The Hall–Kier alpha value is -2.34. The number of aryl methyl sites for hydroxylation is 1. The van der Waals surface area contributed by atoms with E-state index in [4.69, 9.17) is 4.52 Å². The molecule has 1 aliphatic rings. The molecule has 3 rings (SSSR count). The van der Waals surface area contributed by atoms with Gasteiger partial charge in [0, 0.05) is 37.9 Å². The van der Waals surface area contributed by atoms with Crippen LogP contribution in [0.4, 0.5) is 11.5 Å². The quantitative estimate of drug-likeness (QED) is 0.937. The van der Waals surface area contributed by atoms with Gasteiger partial charge in [0.1, 0.15) is 5.76 Å². The van der Waals surface area contributed by atoms with Gasteiger partial charge in [-0.3, -0.25) is 9.69 Å². The predicted octanol–water partition coefficient (Wildman–Crippen LogP) is 2.13. The highest BCUT2D eigenvalue weighted by atomic mass is 16.5. The van der Waals surface area contributed by atoms with Crippen molar-refractivity contribution in [2.45, 2.75) is 19.9 Å². The maximum atomic E-state index is 12.3. The third-order valence-corrected chi connectivity index (χ3v) is 4.24. The second kappa shape index (κ2) is 6.83. The molecule has 1 atom stereocenters. The largest absolute Gasteiger partial charge is 0.369 e. The zero-order valence-corrected chi connectivity index (χ0v) is 13.5. The summed E-state index contributed by atoms with van der Waals surface area (Å²) in [6.07, 6.45) is 0. The Kier molecular flexibility index (Phi) is 4.62. The summed E-state index contributed by atoms with van der Waals surface area (Å²) in [5, 5.41) is 6.60. The molecule has 2 aromatic rings. The Bertz CT molecular complexity index is 648. The SMILES string of the molecule is Cc1cc(NC(=O)[C@@H](C)N2CCN(c3ccccc3)CC2)no1. The van der Waals surface area contributed by atoms with E-state index in [2.05, 4.69) is 44.5 Å². The van der Waals surface area contributed by atoms with Crippen LogP contribution >= 0.6 is 0 Å². The van der Waals surface area contributed by atoms with E-state index in [0.717, 1.165) is 26.2 Å². The smallest absolute Gasteiger partial charge is 0.242 e. The van der Waals surface area contributed by atoms with E-state index < -0.39 is 0 Å². The molecule has 1 saturated heterocycles. The van der Waals surface area contributed by atoms with Gasteiger partial charge >= 0.3 is 0 Å². The Labute approximate surface area is 136 Å². The number of rotatable bonds is 4. The van der Waals surface area contributed by atoms with E-state index in [1.165, 1.54) is 5.69 Å². The van der Waals surface area contributed by atoms with Crippen molar-refractivity contribution in [1.82, 2.24) is 10.1 Å². The fraction of sp³-hybridized carbons (Fsp3) is 0.412. The van der Waals surface area contributed by atoms with Crippen molar-refractivity contribution < 1.29 is 9.32 Å². The number of aromatic nitrogens is 1. The Balaban J connectivity index is 1.53. The normalized spacial score (nSPS) is 17.0. The lowest BCUT2D eigenvalue weighted by atomic mass is 10.2. The third-order valence-electron chi connectivity index (χ3n) is 4.24. The van der Waals surface area contributed by atoms with Crippen molar-refractivity contribution in [2.24, 2.45) is 0 Å². The van der Waals surface area contributed by atoms with Crippen LogP contribution in [0.25, 0.3) is 0 Å². The summed E-state index contributed by atoms with van der Waals surface area (Å²) in [6.45, 7) is 7.30. The highest BCUT2D eigenvalue weighted by Gasteiger charge is 2.26. The van der Waals surface area contributed by atoms with Gasteiger partial charge in [-0.1, -0.05) is 23.4 Å². The number of anilines is 2. The summed E-state index contributed by atoms with van der Waals surface area (Å²) in [5.74, 6) is 1.11. The average Bonchev–Trinajstić information content (AvgIpc) is 3.00. The van der Waals surface area contributed by atoms with Crippen LogP contribution in [-0.2, 0) is 4.79 Å². The monoisotopic (exact) mass is 314 g/mol. The van der Waals surface area contributed by atoms with Gasteiger partial charge in [0.15, 0.2) is 5.82 Å². The van der Waals surface area contributed by atoms with Crippen molar-refractivity contribution in [3.05, 3.63) is 42.2 Å². The molecule has 0 bridgehead atoms. The van der Waals surface area contributed by atoms with Crippen LogP contribution in [0.15, 0.2) is 40.9 Å². The first-order valence-corrected chi connectivity index (χ1v) is 7.92. The predicted molar refractivity (Wildman–Crippen MR) is 89.6 cm³/mol. The summed E-state index contributed by atoms with van der Waals surface area (Å²) >= 11 is 0. The molecule has 6 nitrogen and oxygen atoms in total. The lowest BCUT2D eigenvalue weighted by molar-refractivity contribution is -0.120. The van der Waals surface area contributed by atoms with Gasteiger partial charge in [-0.25, -0.2) is 0 Å². The first kappa shape index (κ1) is 15.6. The van der Waals surface area contributed by atoms with Crippen molar-refractivity contribution >= 4 is 17.4 Å². The number of nitrogens with one attached hydrogen (secondary N) is 1. The van der Waals surface area contributed by atoms with Crippen LogP contribution in [-0.4, -0.2) is 48.2 Å². The van der Waals surface area contributed by atoms with Gasteiger partial charge in [0.05, 0.1) is 6.04 Å². The van der Waals surface area contributed by atoms with Gasteiger partial charge in [-0.05, 0) is 26.0 Å². The summed E-state index contributed by atoms with van der Waals surface area (Å²) < 4.78 is 4.97. The number of hydrogen-bond acceptors (Lipinski definition) is 5. The van der Waals surface area contributed by atoms with E-state index in [9.17, 15) is 4.79 Å². The van der Waals surface area contributed by atoms with Gasteiger partial charge in [-0.2, -0.15) is 0 Å². The number of para-hydroxylation sites is 1. The molecular weight excluding hydrogens is 292 g/mol. The zero-order chi connectivity index (χ0) is 16.2. The average molecular weight is 314 g/mol. The lowest BCUT2D eigenvalue weighted by Crippen LogP contribution is -2.52. The number of carbonyl (C=O) groups is 1. The molecule has 23 heavy (non-hydrogen) atoms. The van der Waals surface area contributed by atoms with Crippen LogP contribution in [0.1, 0.15) is 12.7 Å². The summed E-state index contributed by atoms with van der Waals surface area (Å²) in [7, 11) is 0. The van der Waals surface area contributed by atoms with Gasteiger partial charge in [0.25, 0.3) is 0 Å². The fourth-order valence-corrected chi connectivity index (χ4v) is 2.83. The van der Waals surface area contributed by atoms with Crippen LogP contribution in [0.5, 0.6) is 0 Å². The number of piperazine rings is 1.